The van der Waals surface area contributed by atoms with Crippen molar-refractivity contribution in [3.05, 3.63) is 35.4 Å². The van der Waals surface area contributed by atoms with Gasteiger partial charge >= 0.3 is 6.16 Å². The lowest BCUT2D eigenvalue weighted by molar-refractivity contribution is 0.0854. The van der Waals surface area contributed by atoms with Crippen LogP contribution in [0.15, 0.2) is 24.3 Å². The van der Waals surface area contributed by atoms with Gasteiger partial charge in [-0.25, -0.2) is 4.79 Å². The molecule has 1 aromatic carbocycles. The molecule has 3 nitrogen and oxygen atoms in total. The van der Waals surface area contributed by atoms with Crippen molar-refractivity contribution in [2.45, 2.75) is 13.5 Å². The number of benzene rings is 1. The molecule has 13 heavy (non-hydrogen) atoms. The molecule has 0 aliphatic carbocycles. The zero-order chi connectivity index (χ0) is 8.97. The van der Waals surface area contributed by atoms with Crippen LogP contribution in [0.5, 0.6) is 0 Å². The van der Waals surface area contributed by atoms with Gasteiger partial charge in [0.15, 0.2) is 0 Å². The summed E-state index contributed by atoms with van der Waals surface area (Å²) in [5, 5.41) is 8.21. The molecule has 0 aromatic heterocycles. The predicted octanol–water partition coefficient (Wildman–Crippen LogP) is 2.61. The van der Waals surface area contributed by atoms with E-state index >= 15 is 0 Å². The van der Waals surface area contributed by atoms with Crippen molar-refractivity contribution in [3.8, 4) is 0 Å². The van der Waals surface area contributed by atoms with E-state index in [1.807, 2.05) is 31.2 Å². The van der Waals surface area contributed by atoms with Gasteiger partial charge in [0, 0.05) is 0 Å². The first-order valence-electron chi connectivity index (χ1n) is 3.60. The molecule has 0 spiro atoms. The number of carboxylic acid groups (broad SMARTS) is 1. The third-order valence-corrected chi connectivity index (χ3v) is 1.48. The Kier molecular flexibility index (Phi) is 4.92. The molecule has 1 aromatic rings. The number of aryl methyl sites for hydroxylation is 1. The van der Waals surface area contributed by atoms with E-state index in [9.17, 15) is 4.79 Å². The first-order valence-corrected chi connectivity index (χ1v) is 3.60. The van der Waals surface area contributed by atoms with Gasteiger partial charge in [-0.2, -0.15) is 0 Å². The maximum atomic E-state index is 10.0. The number of carbonyl (C=O) groups is 1. The maximum Gasteiger partial charge on any atom is 0.506 e. The minimum atomic E-state index is -1.24. The first kappa shape index (κ1) is 11.8. The van der Waals surface area contributed by atoms with Crippen LogP contribution in [-0.4, -0.2) is 11.3 Å². The summed E-state index contributed by atoms with van der Waals surface area (Å²) in [4.78, 5) is 10.0. The Balaban J connectivity index is 0.00000144. The van der Waals surface area contributed by atoms with Crippen LogP contribution in [0, 0.1) is 6.92 Å². The van der Waals surface area contributed by atoms with Crippen LogP contribution in [0.25, 0.3) is 0 Å². The van der Waals surface area contributed by atoms with Gasteiger partial charge in [-0.3, -0.25) is 0 Å². The molecule has 0 heterocycles. The fourth-order valence-electron chi connectivity index (χ4n) is 0.829. The zero-order valence-electron chi connectivity index (χ0n) is 7.19. The van der Waals surface area contributed by atoms with Crippen LogP contribution in [0.2, 0.25) is 0 Å². The van der Waals surface area contributed by atoms with Crippen LogP contribution >= 0.6 is 12.4 Å². The lowest BCUT2D eigenvalue weighted by Crippen LogP contribution is -1.99. The van der Waals surface area contributed by atoms with E-state index < -0.39 is 6.16 Å². The molecule has 1 N–H and O–H groups in total. The van der Waals surface area contributed by atoms with Crippen molar-refractivity contribution >= 4 is 18.6 Å². The molecule has 4 heteroatoms. The van der Waals surface area contributed by atoms with Gasteiger partial charge in [-0.1, -0.05) is 29.8 Å². The van der Waals surface area contributed by atoms with Gasteiger partial charge in [0.2, 0.25) is 0 Å². The quantitative estimate of drug-likeness (QED) is 0.750. The summed E-state index contributed by atoms with van der Waals surface area (Å²) < 4.78 is 4.38. The number of rotatable bonds is 2. The van der Waals surface area contributed by atoms with Gasteiger partial charge in [0.1, 0.15) is 6.61 Å². The molecule has 1 rings (SSSR count). The summed E-state index contributed by atoms with van der Waals surface area (Å²) in [5.74, 6) is 0. The molecular weight excluding hydrogens is 192 g/mol. The number of hydrogen-bond acceptors (Lipinski definition) is 2. The van der Waals surface area contributed by atoms with E-state index in [0.29, 0.717) is 0 Å². The van der Waals surface area contributed by atoms with E-state index in [4.69, 9.17) is 5.11 Å². The van der Waals surface area contributed by atoms with Gasteiger partial charge in [-0.05, 0) is 12.5 Å². The fraction of sp³-hybridized carbons (Fsp3) is 0.222. The van der Waals surface area contributed by atoms with Crippen LogP contribution in [-0.2, 0) is 11.3 Å². The SMILES string of the molecule is Cc1ccc(COC(=O)O)cc1.Cl. The Bertz CT molecular complexity index is 269. The highest BCUT2D eigenvalue weighted by Crippen LogP contribution is 2.04. The standard InChI is InChI=1S/C9H10O3.ClH/c1-7-2-4-8(5-3-7)6-12-9(10)11;/h2-5H,6H2,1H3,(H,10,11);1H. The molecule has 0 fully saturated rings. The third kappa shape index (κ3) is 4.38. The highest BCUT2D eigenvalue weighted by molar-refractivity contribution is 5.85. The zero-order valence-corrected chi connectivity index (χ0v) is 8.00. The van der Waals surface area contributed by atoms with Crippen molar-refractivity contribution in [2.75, 3.05) is 0 Å². The van der Waals surface area contributed by atoms with Gasteiger partial charge in [0.05, 0.1) is 0 Å². The summed E-state index contributed by atoms with van der Waals surface area (Å²) in [7, 11) is 0. The highest BCUT2D eigenvalue weighted by atomic mass is 35.5. The van der Waals surface area contributed by atoms with E-state index in [1.54, 1.807) is 0 Å². The molecule has 0 aliphatic heterocycles. The van der Waals surface area contributed by atoms with Crippen LogP contribution in [0.3, 0.4) is 0 Å². The molecular formula is C9H11ClO3. The Morgan fingerprint density at radius 2 is 1.92 bits per heavy atom. The fourth-order valence-corrected chi connectivity index (χ4v) is 0.829. The average molecular weight is 203 g/mol. The topological polar surface area (TPSA) is 46.5 Å². The molecule has 0 radical (unpaired) electrons. The van der Waals surface area contributed by atoms with Gasteiger partial charge in [0.25, 0.3) is 0 Å². The minimum Gasteiger partial charge on any atom is -0.450 e. The monoisotopic (exact) mass is 202 g/mol. The molecule has 0 unspecified atom stereocenters. The number of hydrogen-bond donors (Lipinski definition) is 1. The van der Waals surface area contributed by atoms with Gasteiger partial charge in [-0.15, -0.1) is 12.4 Å². The summed E-state index contributed by atoms with van der Waals surface area (Å²) in [6, 6.07) is 7.53. The maximum absolute atomic E-state index is 10.0. The second-order valence-corrected chi connectivity index (χ2v) is 2.54. The summed E-state index contributed by atoms with van der Waals surface area (Å²) in [6.07, 6.45) is -1.24. The Labute approximate surface area is 82.7 Å². The van der Waals surface area contributed by atoms with E-state index in [2.05, 4.69) is 4.74 Å². The third-order valence-electron chi connectivity index (χ3n) is 1.48. The van der Waals surface area contributed by atoms with Crippen LogP contribution < -0.4 is 0 Å². The lowest BCUT2D eigenvalue weighted by atomic mass is 10.2. The smallest absolute Gasteiger partial charge is 0.450 e. The Morgan fingerprint density at radius 3 is 2.38 bits per heavy atom. The number of halogens is 1. The Morgan fingerprint density at radius 1 is 1.38 bits per heavy atom. The second-order valence-electron chi connectivity index (χ2n) is 2.54. The molecule has 0 aliphatic rings. The summed E-state index contributed by atoms with van der Waals surface area (Å²) >= 11 is 0. The Hall–Kier alpha value is -1.22. The normalized spacial score (nSPS) is 8.69. The van der Waals surface area contributed by atoms with Gasteiger partial charge < -0.3 is 9.84 Å². The molecule has 0 amide bonds. The van der Waals surface area contributed by atoms with Crippen molar-refractivity contribution in [3.63, 3.8) is 0 Å². The molecule has 0 bridgehead atoms. The molecule has 0 atom stereocenters. The largest absolute Gasteiger partial charge is 0.506 e. The van der Waals surface area contributed by atoms with Crippen molar-refractivity contribution in [1.82, 2.24) is 0 Å². The number of ether oxygens (including phenoxy) is 1. The van der Waals surface area contributed by atoms with Crippen LogP contribution in [0.4, 0.5) is 4.79 Å². The average Bonchev–Trinajstić information content (AvgIpc) is 2.03. The van der Waals surface area contributed by atoms with Crippen LogP contribution in [0.1, 0.15) is 11.1 Å². The summed E-state index contributed by atoms with van der Waals surface area (Å²) in [5.41, 5.74) is 2.01. The van der Waals surface area contributed by atoms with Crippen molar-refractivity contribution < 1.29 is 14.6 Å². The lowest BCUT2D eigenvalue weighted by Gasteiger charge is -2.00. The predicted molar refractivity (Wildman–Crippen MR) is 51.2 cm³/mol. The van der Waals surface area contributed by atoms with E-state index in [1.165, 1.54) is 0 Å². The van der Waals surface area contributed by atoms with Crippen molar-refractivity contribution in [1.29, 1.82) is 0 Å². The molecule has 0 saturated carbocycles. The van der Waals surface area contributed by atoms with E-state index in [0.717, 1.165) is 11.1 Å². The van der Waals surface area contributed by atoms with E-state index in [-0.39, 0.29) is 19.0 Å². The second kappa shape index (κ2) is 5.43. The highest BCUT2D eigenvalue weighted by Gasteiger charge is 1.97. The molecule has 72 valence electrons. The summed E-state index contributed by atoms with van der Waals surface area (Å²) in [6.45, 7) is 2.09. The molecule has 0 saturated heterocycles. The first-order chi connectivity index (χ1) is 5.68. The van der Waals surface area contributed by atoms with Crippen molar-refractivity contribution in [2.24, 2.45) is 0 Å². The minimum absolute atomic E-state index is 0.